The SMILES string of the molecule is CCOC(=O)/C=C/O/C(C)=C\C(C)=O. The third-order valence-corrected chi connectivity index (χ3v) is 1.15. The molecule has 0 aliphatic rings. The molecule has 0 saturated heterocycles. The van der Waals surface area contributed by atoms with Gasteiger partial charge in [-0.05, 0) is 20.8 Å². The Balaban J connectivity index is 3.93. The third-order valence-electron chi connectivity index (χ3n) is 1.15. The van der Waals surface area contributed by atoms with E-state index in [2.05, 4.69) is 4.74 Å². The zero-order valence-electron chi connectivity index (χ0n) is 8.57. The van der Waals surface area contributed by atoms with E-state index in [1.54, 1.807) is 13.8 Å². The van der Waals surface area contributed by atoms with Crippen LogP contribution in [0.4, 0.5) is 0 Å². The summed E-state index contributed by atoms with van der Waals surface area (Å²) in [6, 6.07) is 0. The number of ketones is 1. The van der Waals surface area contributed by atoms with Crippen molar-refractivity contribution in [2.75, 3.05) is 6.61 Å². The Hall–Kier alpha value is -1.58. The Kier molecular flexibility index (Phi) is 6.11. The predicted octanol–water partition coefficient (Wildman–Crippen LogP) is 1.57. The first kappa shape index (κ1) is 12.4. The van der Waals surface area contributed by atoms with Crippen molar-refractivity contribution in [3.8, 4) is 0 Å². The first-order valence-electron chi connectivity index (χ1n) is 4.25. The van der Waals surface area contributed by atoms with Gasteiger partial charge in [-0.25, -0.2) is 4.79 Å². The first-order valence-corrected chi connectivity index (χ1v) is 4.25. The number of hydrogen-bond donors (Lipinski definition) is 0. The number of hydrogen-bond acceptors (Lipinski definition) is 4. The van der Waals surface area contributed by atoms with Gasteiger partial charge in [-0.1, -0.05) is 0 Å². The molecule has 0 aliphatic heterocycles. The molecule has 0 unspecified atom stereocenters. The van der Waals surface area contributed by atoms with Crippen molar-refractivity contribution >= 4 is 11.8 Å². The lowest BCUT2D eigenvalue weighted by atomic mass is 10.4. The fraction of sp³-hybridized carbons (Fsp3) is 0.400. The van der Waals surface area contributed by atoms with E-state index in [1.807, 2.05) is 0 Å². The Morgan fingerprint density at radius 2 is 1.93 bits per heavy atom. The van der Waals surface area contributed by atoms with E-state index >= 15 is 0 Å². The molecular weight excluding hydrogens is 184 g/mol. The maximum Gasteiger partial charge on any atom is 0.333 e. The van der Waals surface area contributed by atoms with Crippen LogP contribution in [-0.4, -0.2) is 18.4 Å². The first-order chi connectivity index (χ1) is 6.56. The topological polar surface area (TPSA) is 52.6 Å². The van der Waals surface area contributed by atoms with E-state index in [9.17, 15) is 9.59 Å². The molecule has 0 heterocycles. The largest absolute Gasteiger partial charge is 0.469 e. The maximum absolute atomic E-state index is 10.8. The summed E-state index contributed by atoms with van der Waals surface area (Å²) in [5.41, 5.74) is 0. The fourth-order valence-electron chi connectivity index (χ4n) is 0.708. The molecule has 0 bridgehead atoms. The molecule has 0 amide bonds. The van der Waals surface area contributed by atoms with Gasteiger partial charge in [0.15, 0.2) is 5.78 Å². The molecule has 0 aromatic rings. The summed E-state index contributed by atoms with van der Waals surface area (Å²) in [6.07, 6.45) is 3.67. The van der Waals surface area contributed by atoms with E-state index in [1.165, 1.54) is 19.3 Å². The van der Waals surface area contributed by atoms with E-state index in [0.29, 0.717) is 12.4 Å². The zero-order valence-corrected chi connectivity index (χ0v) is 8.57. The monoisotopic (exact) mass is 198 g/mol. The van der Waals surface area contributed by atoms with Crippen molar-refractivity contribution in [2.24, 2.45) is 0 Å². The minimum Gasteiger partial charge on any atom is -0.469 e. The molecule has 0 N–H and O–H groups in total. The lowest BCUT2D eigenvalue weighted by Crippen LogP contribution is -1.99. The van der Waals surface area contributed by atoms with Crippen molar-refractivity contribution in [2.45, 2.75) is 20.8 Å². The highest BCUT2D eigenvalue weighted by molar-refractivity contribution is 5.87. The molecule has 0 saturated carbocycles. The smallest absolute Gasteiger partial charge is 0.333 e. The van der Waals surface area contributed by atoms with Crippen LogP contribution in [0, 0.1) is 0 Å². The highest BCUT2D eigenvalue weighted by Crippen LogP contribution is 1.96. The standard InChI is InChI=1S/C10H14O4/c1-4-13-10(12)5-6-14-9(3)7-8(2)11/h5-7H,4H2,1-3H3/b6-5+,9-7-. The number of carbonyl (C=O) groups excluding carboxylic acids is 2. The highest BCUT2D eigenvalue weighted by atomic mass is 16.5. The molecule has 78 valence electrons. The number of rotatable bonds is 5. The van der Waals surface area contributed by atoms with Crippen LogP contribution in [0.1, 0.15) is 20.8 Å². The minimum atomic E-state index is -0.469. The molecule has 0 radical (unpaired) electrons. The molecule has 14 heavy (non-hydrogen) atoms. The van der Waals surface area contributed by atoms with E-state index in [0.717, 1.165) is 6.08 Å². The van der Waals surface area contributed by atoms with Crippen molar-refractivity contribution in [1.82, 2.24) is 0 Å². The molecule has 0 rings (SSSR count). The van der Waals surface area contributed by atoms with Crippen molar-refractivity contribution in [3.63, 3.8) is 0 Å². The summed E-state index contributed by atoms with van der Waals surface area (Å²) in [7, 11) is 0. The summed E-state index contributed by atoms with van der Waals surface area (Å²) in [5.74, 6) is -0.145. The average Bonchev–Trinajstić information content (AvgIpc) is 2.02. The quantitative estimate of drug-likeness (QED) is 0.382. The summed E-state index contributed by atoms with van der Waals surface area (Å²) in [5, 5.41) is 0. The minimum absolute atomic E-state index is 0.105. The van der Waals surface area contributed by atoms with Crippen LogP contribution in [0.3, 0.4) is 0 Å². The van der Waals surface area contributed by atoms with Crippen LogP contribution in [0.5, 0.6) is 0 Å². The van der Waals surface area contributed by atoms with Gasteiger partial charge in [-0.15, -0.1) is 0 Å². The molecule has 0 spiro atoms. The average molecular weight is 198 g/mol. The van der Waals surface area contributed by atoms with Gasteiger partial charge >= 0.3 is 5.97 Å². The number of carbonyl (C=O) groups is 2. The summed E-state index contributed by atoms with van der Waals surface area (Å²) in [6.45, 7) is 5.08. The van der Waals surface area contributed by atoms with E-state index in [4.69, 9.17) is 4.74 Å². The molecule has 4 nitrogen and oxygen atoms in total. The van der Waals surface area contributed by atoms with Gasteiger partial charge in [0.1, 0.15) is 5.76 Å². The molecule has 0 atom stereocenters. The Morgan fingerprint density at radius 3 is 2.43 bits per heavy atom. The molecule has 0 aromatic carbocycles. The van der Waals surface area contributed by atoms with Crippen LogP contribution in [-0.2, 0) is 19.1 Å². The molecule has 0 aromatic heterocycles. The van der Waals surface area contributed by atoms with Crippen LogP contribution in [0.25, 0.3) is 0 Å². The third kappa shape index (κ3) is 7.09. The van der Waals surface area contributed by atoms with E-state index < -0.39 is 5.97 Å². The summed E-state index contributed by atoms with van der Waals surface area (Å²) in [4.78, 5) is 21.4. The maximum atomic E-state index is 10.8. The van der Waals surface area contributed by atoms with Crippen LogP contribution in [0.15, 0.2) is 24.2 Å². The van der Waals surface area contributed by atoms with Gasteiger partial charge in [0.05, 0.1) is 18.9 Å². The van der Waals surface area contributed by atoms with Gasteiger partial charge in [0.2, 0.25) is 0 Å². The second-order valence-corrected chi connectivity index (χ2v) is 2.54. The predicted molar refractivity (Wildman–Crippen MR) is 51.3 cm³/mol. The number of ether oxygens (including phenoxy) is 2. The molecular formula is C10H14O4. The van der Waals surface area contributed by atoms with Crippen molar-refractivity contribution in [3.05, 3.63) is 24.2 Å². The lowest BCUT2D eigenvalue weighted by molar-refractivity contribution is -0.137. The highest BCUT2D eigenvalue weighted by Gasteiger charge is 1.94. The van der Waals surface area contributed by atoms with E-state index in [-0.39, 0.29) is 5.78 Å². The number of allylic oxidation sites excluding steroid dienone is 2. The second-order valence-electron chi connectivity index (χ2n) is 2.54. The van der Waals surface area contributed by atoms with Gasteiger partial charge in [0.25, 0.3) is 0 Å². The van der Waals surface area contributed by atoms with Gasteiger partial charge in [-0.3, -0.25) is 4.79 Å². The number of esters is 1. The Morgan fingerprint density at radius 1 is 1.29 bits per heavy atom. The Bertz CT molecular complexity index is 263. The summed E-state index contributed by atoms with van der Waals surface area (Å²) < 4.78 is 9.54. The summed E-state index contributed by atoms with van der Waals surface area (Å²) >= 11 is 0. The van der Waals surface area contributed by atoms with Crippen LogP contribution >= 0.6 is 0 Å². The van der Waals surface area contributed by atoms with Crippen molar-refractivity contribution < 1.29 is 19.1 Å². The molecule has 0 fully saturated rings. The zero-order chi connectivity index (χ0) is 11.0. The van der Waals surface area contributed by atoms with Gasteiger partial charge in [0, 0.05) is 6.08 Å². The molecule has 4 heteroatoms. The lowest BCUT2D eigenvalue weighted by Gasteiger charge is -1.98. The van der Waals surface area contributed by atoms with Gasteiger partial charge < -0.3 is 9.47 Å². The normalized spacial score (nSPS) is 11.5. The van der Waals surface area contributed by atoms with Crippen LogP contribution in [0.2, 0.25) is 0 Å². The fourth-order valence-corrected chi connectivity index (χ4v) is 0.708. The van der Waals surface area contributed by atoms with Crippen LogP contribution < -0.4 is 0 Å². The molecule has 0 aliphatic carbocycles. The Labute approximate surface area is 83.2 Å². The van der Waals surface area contributed by atoms with Gasteiger partial charge in [-0.2, -0.15) is 0 Å². The second kappa shape index (κ2) is 6.88. The van der Waals surface area contributed by atoms with Crippen molar-refractivity contribution in [1.29, 1.82) is 0 Å².